The zero-order valence-corrected chi connectivity index (χ0v) is 14.7. The Labute approximate surface area is 136 Å². The highest BCUT2D eigenvalue weighted by atomic mass is 79.9. The normalized spacial score (nSPS) is 24.0. The lowest BCUT2D eigenvalue weighted by atomic mass is 9.84. The Kier molecular flexibility index (Phi) is 6.34. The molecule has 1 aromatic rings. The predicted octanol–water partition coefficient (Wildman–Crippen LogP) is 4.49. The Morgan fingerprint density at radius 1 is 1.45 bits per heavy atom. The van der Waals surface area contributed by atoms with Gasteiger partial charge in [0.1, 0.15) is 0 Å². The highest BCUT2D eigenvalue weighted by Gasteiger charge is 2.31. The second-order valence-corrected chi connectivity index (χ2v) is 6.88. The summed E-state index contributed by atoms with van der Waals surface area (Å²) in [6.45, 7) is 5.69. The molecule has 2 nitrogen and oxygen atoms in total. The molecule has 1 saturated heterocycles. The van der Waals surface area contributed by atoms with Crippen molar-refractivity contribution in [3.63, 3.8) is 0 Å². The molecule has 2 unspecified atom stereocenters. The van der Waals surface area contributed by atoms with Crippen LogP contribution in [0.4, 0.5) is 0 Å². The smallest absolute Gasteiger partial charge is 0.0551 e. The number of hydrogen-bond donors (Lipinski definition) is 1. The van der Waals surface area contributed by atoms with Crippen LogP contribution in [0.3, 0.4) is 0 Å². The van der Waals surface area contributed by atoms with Crippen LogP contribution >= 0.6 is 27.5 Å². The minimum absolute atomic E-state index is 0.488. The number of nitrogens with zero attached hydrogens (tertiary/aromatic N) is 1. The van der Waals surface area contributed by atoms with E-state index in [4.69, 9.17) is 11.6 Å². The second-order valence-electron chi connectivity index (χ2n) is 5.61. The van der Waals surface area contributed by atoms with Crippen molar-refractivity contribution in [1.82, 2.24) is 10.2 Å². The minimum atomic E-state index is 0.488. The van der Waals surface area contributed by atoms with Crippen molar-refractivity contribution < 1.29 is 0 Å². The number of benzene rings is 1. The van der Waals surface area contributed by atoms with E-state index in [2.05, 4.69) is 51.3 Å². The zero-order valence-electron chi connectivity index (χ0n) is 12.3. The first kappa shape index (κ1) is 16.3. The van der Waals surface area contributed by atoms with Gasteiger partial charge >= 0.3 is 0 Å². The Hall–Kier alpha value is -0.0900. The number of likely N-dealkylation sites (tertiary alicyclic amines) is 1. The summed E-state index contributed by atoms with van der Waals surface area (Å²) >= 11 is 9.79. The third kappa shape index (κ3) is 3.76. The van der Waals surface area contributed by atoms with E-state index in [9.17, 15) is 0 Å². The van der Waals surface area contributed by atoms with Gasteiger partial charge in [0.25, 0.3) is 0 Å². The lowest BCUT2D eigenvalue weighted by molar-refractivity contribution is 0.0924. The van der Waals surface area contributed by atoms with Gasteiger partial charge in [-0.05, 0) is 85.5 Å². The molecule has 1 N–H and O–H groups in total. The molecule has 2 atom stereocenters. The number of piperidine rings is 1. The number of nitrogens with one attached hydrogen (secondary N) is 1. The summed E-state index contributed by atoms with van der Waals surface area (Å²) < 4.78 is 0.978. The molecule has 0 radical (unpaired) electrons. The van der Waals surface area contributed by atoms with Gasteiger partial charge in [0, 0.05) is 10.5 Å². The van der Waals surface area contributed by atoms with Crippen molar-refractivity contribution >= 4 is 27.5 Å². The summed E-state index contributed by atoms with van der Waals surface area (Å²) in [5.41, 5.74) is 1.35. The largest absolute Gasteiger partial charge is 0.319 e. The molecule has 0 aliphatic carbocycles. The fourth-order valence-electron chi connectivity index (χ4n) is 3.34. The first-order valence-corrected chi connectivity index (χ1v) is 8.68. The van der Waals surface area contributed by atoms with Crippen molar-refractivity contribution in [3.05, 3.63) is 33.3 Å². The van der Waals surface area contributed by atoms with Crippen LogP contribution in [0.25, 0.3) is 0 Å². The van der Waals surface area contributed by atoms with Crippen LogP contribution in [-0.2, 0) is 0 Å². The predicted molar refractivity (Wildman–Crippen MR) is 90.4 cm³/mol. The fourth-order valence-corrected chi connectivity index (χ4v) is 3.78. The van der Waals surface area contributed by atoms with Crippen LogP contribution in [0.15, 0.2) is 22.7 Å². The summed E-state index contributed by atoms with van der Waals surface area (Å²) in [4.78, 5) is 2.63. The Morgan fingerprint density at radius 3 is 2.90 bits per heavy atom. The van der Waals surface area contributed by atoms with E-state index in [1.54, 1.807) is 0 Å². The maximum Gasteiger partial charge on any atom is 0.0551 e. The number of hydrogen-bond acceptors (Lipinski definition) is 2. The molecule has 0 spiro atoms. The van der Waals surface area contributed by atoms with E-state index in [-0.39, 0.29) is 0 Å². The third-order valence-electron chi connectivity index (χ3n) is 4.12. The van der Waals surface area contributed by atoms with E-state index in [0.29, 0.717) is 12.0 Å². The Morgan fingerprint density at radius 2 is 2.25 bits per heavy atom. The van der Waals surface area contributed by atoms with Crippen LogP contribution in [0.5, 0.6) is 0 Å². The maximum absolute atomic E-state index is 6.30. The van der Waals surface area contributed by atoms with Crippen LogP contribution in [-0.4, -0.2) is 31.6 Å². The molecule has 20 heavy (non-hydrogen) atoms. The molecular formula is C16H24BrClN2. The van der Waals surface area contributed by atoms with Crippen molar-refractivity contribution in [2.75, 3.05) is 26.7 Å². The monoisotopic (exact) mass is 358 g/mol. The summed E-state index contributed by atoms with van der Waals surface area (Å²) in [6, 6.07) is 6.92. The van der Waals surface area contributed by atoms with Crippen LogP contribution < -0.4 is 5.32 Å². The molecule has 0 aromatic heterocycles. The maximum atomic E-state index is 6.30. The fraction of sp³-hybridized carbons (Fsp3) is 0.625. The van der Waals surface area contributed by atoms with Gasteiger partial charge in [-0.3, -0.25) is 4.90 Å². The average Bonchev–Trinajstić information content (AvgIpc) is 2.43. The van der Waals surface area contributed by atoms with Gasteiger partial charge in [-0.15, -0.1) is 0 Å². The molecule has 2 rings (SSSR count). The van der Waals surface area contributed by atoms with Crippen molar-refractivity contribution in [3.8, 4) is 0 Å². The molecule has 0 saturated carbocycles. The SMILES string of the molecule is CCCN1CCCC(CNC)C1c1ccc(Br)c(Cl)c1. The van der Waals surface area contributed by atoms with Gasteiger partial charge in [0.2, 0.25) is 0 Å². The zero-order chi connectivity index (χ0) is 14.5. The van der Waals surface area contributed by atoms with E-state index < -0.39 is 0 Å². The molecule has 0 amide bonds. The number of halogens is 2. The van der Waals surface area contributed by atoms with Gasteiger partial charge < -0.3 is 5.32 Å². The topological polar surface area (TPSA) is 15.3 Å². The van der Waals surface area contributed by atoms with Crippen LogP contribution in [0.2, 0.25) is 5.02 Å². The highest BCUT2D eigenvalue weighted by Crippen LogP contribution is 2.37. The standard InChI is InChI=1S/C16H24BrClN2/c1-3-8-20-9-4-5-13(11-19-2)16(20)12-6-7-14(17)15(18)10-12/h6-7,10,13,16,19H,3-5,8-9,11H2,1-2H3. The molecule has 112 valence electrons. The summed E-state index contributed by atoms with van der Waals surface area (Å²) in [5.74, 6) is 0.664. The summed E-state index contributed by atoms with van der Waals surface area (Å²) in [7, 11) is 2.05. The molecule has 1 fully saturated rings. The number of rotatable bonds is 5. The Balaban J connectivity index is 2.29. The second kappa shape index (κ2) is 7.79. The molecule has 1 aromatic carbocycles. The van der Waals surface area contributed by atoms with Crippen molar-refractivity contribution in [2.24, 2.45) is 5.92 Å². The van der Waals surface area contributed by atoms with Gasteiger partial charge in [-0.2, -0.15) is 0 Å². The molecule has 4 heteroatoms. The lowest BCUT2D eigenvalue weighted by Gasteiger charge is -2.42. The highest BCUT2D eigenvalue weighted by molar-refractivity contribution is 9.10. The van der Waals surface area contributed by atoms with Gasteiger partial charge in [0.15, 0.2) is 0 Å². The van der Waals surface area contributed by atoms with Crippen molar-refractivity contribution in [2.45, 2.75) is 32.2 Å². The summed E-state index contributed by atoms with van der Waals surface area (Å²) in [6.07, 6.45) is 3.79. The average molecular weight is 360 g/mol. The van der Waals surface area contributed by atoms with Crippen LogP contribution in [0.1, 0.15) is 37.8 Å². The van der Waals surface area contributed by atoms with E-state index >= 15 is 0 Å². The lowest BCUT2D eigenvalue weighted by Crippen LogP contribution is -2.42. The minimum Gasteiger partial charge on any atom is -0.319 e. The quantitative estimate of drug-likeness (QED) is 0.833. The summed E-state index contributed by atoms with van der Waals surface area (Å²) in [5, 5.41) is 4.17. The first-order valence-electron chi connectivity index (χ1n) is 7.51. The van der Waals surface area contributed by atoms with E-state index in [0.717, 1.165) is 16.0 Å². The molecular weight excluding hydrogens is 336 g/mol. The van der Waals surface area contributed by atoms with Gasteiger partial charge in [-0.25, -0.2) is 0 Å². The van der Waals surface area contributed by atoms with Crippen LogP contribution in [0, 0.1) is 5.92 Å². The Bertz CT molecular complexity index is 420. The third-order valence-corrected chi connectivity index (χ3v) is 5.35. The molecule has 1 aliphatic rings. The van der Waals surface area contributed by atoms with Gasteiger partial charge in [0.05, 0.1) is 5.02 Å². The molecule has 1 heterocycles. The van der Waals surface area contributed by atoms with Crippen molar-refractivity contribution in [1.29, 1.82) is 0 Å². The van der Waals surface area contributed by atoms with E-state index in [1.807, 2.05) is 7.05 Å². The van der Waals surface area contributed by atoms with E-state index in [1.165, 1.54) is 37.9 Å². The first-order chi connectivity index (χ1) is 9.67. The molecule has 0 bridgehead atoms. The van der Waals surface area contributed by atoms with Gasteiger partial charge in [-0.1, -0.05) is 24.6 Å². The molecule has 1 aliphatic heterocycles.